The molecule has 0 radical (unpaired) electrons. The number of hydrogen-bond donors (Lipinski definition) is 2. The molecule has 0 amide bonds. The molecule has 0 spiro atoms. The molecule has 1 aliphatic rings. The van der Waals surface area contributed by atoms with Crippen LogP contribution in [0.4, 0.5) is 0 Å². The molecule has 4 aromatic carbocycles. The second-order valence-corrected chi connectivity index (χ2v) is 7.69. The van der Waals surface area contributed by atoms with Crippen molar-refractivity contribution in [2.75, 3.05) is 6.61 Å². The average molecular weight is 410 g/mol. The molecule has 1 heterocycles. The maximum Gasteiger partial charge on any atom is 0.127 e. The Hall–Kier alpha value is -3.92. The smallest absolute Gasteiger partial charge is 0.127 e. The van der Waals surface area contributed by atoms with Crippen LogP contribution in [0, 0.1) is 0 Å². The molecule has 0 unspecified atom stereocenters. The van der Waals surface area contributed by atoms with E-state index < -0.39 is 0 Å². The van der Waals surface area contributed by atoms with Crippen molar-refractivity contribution in [1.29, 1.82) is 0 Å². The van der Waals surface area contributed by atoms with Gasteiger partial charge in [-0.05, 0) is 53.6 Å². The standard InChI is InChI=1S/C27H22O4/c28-20-10-6-18(7-11-20)25-17-30-26-16-21(29)12-15-24(26)27(25)19-8-13-23(14-9-19)31-22-4-2-1-3-5-22/h1-16,25,27-29H,17H2/t25-,27-/m1/s1. The average Bonchev–Trinajstić information content (AvgIpc) is 2.80. The van der Waals surface area contributed by atoms with Crippen molar-refractivity contribution >= 4 is 0 Å². The first kappa shape index (κ1) is 19.1. The molecule has 5 rings (SSSR count). The Morgan fingerprint density at radius 1 is 0.677 bits per heavy atom. The van der Waals surface area contributed by atoms with E-state index in [4.69, 9.17) is 9.47 Å². The van der Waals surface area contributed by atoms with Gasteiger partial charge in [0.1, 0.15) is 28.7 Å². The van der Waals surface area contributed by atoms with Gasteiger partial charge in [-0.15, -0.1) is 0 Å². The van der Waals surface area contributed by atoms with Crippen LogP contribution >= 0.6 is 0 Å². The van der Waals surface area contributed by atoms with Gasteiger partial charge in [0.05, 0.1) is 6.61 Å². The summed E-state index contributed by atoms with van der Waals surface area (Å²) in [6.07, 6.45) is 0. The van der Waals surface area contributed by atoms with Crippen molar-refractivity contribution in [2.24, 2.45) is 0 Å². The van der Waals surface area contributed by atoms with Gasteiger partial charge in [0.15, 0.2) is 0 Å². The first-order valence-electron chi connectivity index (χ1n) is 10.2. The van der Waals surface area contributed by atoms with E-state index in [1.165, 1.54) is 0 Å². The zero-order valence-electron chi connectivity index (χ0n) is 16.8. The Morgan fingerprint density at radius 3 is 2.06 bits per heavy atom. The molecule has 4 aromatic rings. The van der Waals surface area contributed by atoms with Gasteiger partial charge in [-0.1, -0.05) is 48.5 Å². The maximum absolute atomic E-state index is 9.91. The van der Waals surface area contributed by atoms with Crippen LogP contribution in [0.5, 0.6) is 28.7 Å². The third kappa shape index (κ3) is 3.92. The van der Waals surface area contributed by atoms with Crippen LogP contribution in [0.15, 0.2) is 97.1 Å². The summed E-state index contributed by atoms with van der Waals surface area (Å²) in [5.41, 5.74) is 3.25. The summed E-state index contributed by atoms with van der Waals surface area (Å²) in [6, 6.07) is 30.4. The Morgan fingerprint density at radius 2 is 1.32 bits per heavy atom. The Labute approximate surface area is 181 Å². The van der Waals surface area contributed by atoms with Crippen molar-refractivity contribution in [2.45, 2.75) is 11.8 Å². The quantitative estimate of drug-likeness (QED) is 0.421. The fourth-order valence-electron chi connectivity index (χ4n) is 4.19. The number of fused-ring (bicyclic) bond motifs is 1. The molecule has 0 aliphatic carbocycles. The van der Waals surface area contributed by atoms with Crippen LogP contribution in [-0.2, 0) is 0 Å². The van der Waals surface area contributed by atoms with Crippen molar-refractivity contribution in [3.63, 3.8) is 0 Å². The third-order valence-electron chi connectivity index (χ3n) is 5.69. The highest BCUT2D eigenvalue weighted by atomic mass is 16.5. The van der Waals surface area contributed by atoms with E-state index in [1.54, 1.807) is 24.3 Å². The van der Waals surface area contributed by atoms with Gasteiger partial charge in [-0.2, -0.15) is 0 Å². The summed E-state index contributed by atoms with van der Waals surface area (Å²) in [5.74, 6) is 2.80. The minimum absolute atomic E-state index is 0.0414. The summed E-state index contributed by atoms with van der Waals surface area (Å²) >= 11 is 0. The highest BCUT2D eigenvalue weighted by Crippen LogP contribution is 2.47. The number of benzene rings is 4. The SMILES string of the molecule is Oc1ccc([C@H]2COc3cc(O)ccc3[C@H]2c2ccc(Oc3ccccc3)cc2)cc1. The van der Waals surface area contributed by atoms with Gasteiger partial charge < -0.3 is 19.7 Å². The van der Waals surface area contributed by atoms with Crippen molar-refractivity contribution in [3.05, 3.63) is 114 Å². The van der Waals surface area contributed by atoms with Crippen LogP contribution < -0.4 is 9.47 Å². The second kappa shape index (κ2) is 8.07. The highest BCUT2D eigenvalue weighted by Gasteiger charge is 2.33. The maximum atomic E-state index is 9.91. The lowest BCUT2D eigenvalue weighted by Gasteiger charge is -2.34. The lowest BCUT2D eigenvalue weighted by molar-refractivity contribution is 0.247. The topological polar surface area (TPSA) is 58.9 Å². The molecule has 0 aromatic heterocycles. The highest BCUT2D eigenvalue weighted by molar-refractivity contribution is 5.51. The number of phenols is 2. The van der Waals surface area contributed by atoms with Crippen molar-refractivity contribution in [3.8, 4) is 28.7 Å². The number of phenolic OH excluding ortho intramolecular Hbond substituents is 2. The summed E-state index contributed by atoms with van der Waals surface area (Å²) in [6.45, 7) is 0.480. The van der Waals surface area contributed by atoms with Gasteiger partial charge in [0.2, 0.25) is 0 Å². The molecule has 31 heavy (non-hydrogen) atoms. The predicted octanol–water partition coefficient (Wildman–Crippen LogP) is 6.20. The van der Waals surface area contributed by atoms with Crippen molar-refractivity contribution in [1.82, 2.24) is 0 Å². The Bertz CT molecular complexity index is 1170. The van der Waals surface area contributed by atoms with Gasteiger partial charge >= 0.3 is 0 Å². The Kier molecular flexibility index (Phi) is 4.97. The molecule has 0 bridgehead atoms. The number of ether oxygens (including phenoxy) is 2. The number of hydrogen-bond acceptors (Lipinski definition) is 4. The largest absolute Gasteiger partial charge is 0.508 e. The molecule has 0 saturated carbocycles. The molecule has 2 atom stereocenters. The molecule has 0 fully saturated rings. The van der Waals surface area contributed by atoms with Crippen LogP contribution in [0.3, 0.4) is 0 Å². The van der Waals surface area contributed by atoms with Crippen LogP contribution in [0.1, 0.15) is 28.5 Å². The van der Waals surface area contributed by atoms with Gasteiger partial charge in [0, 0.05) is 23.5 Å². The summed E-state index contributed by atoms with van der Waals surface area (Å²) in [7, 11) is 0. The monoisotopic (exact) mass is 410 g/mol. The molecule has 0 saturated heterocycles. The molecular weight excluding hydrogens is 388 g/mol. The Balaban J connectivity index is 1.52. The van der Waals surface area contributed by atoms with Gasteiger partial charge in [-0.3, -0.25) is 0 Å². The zero-order chi connectivity index (χ0) is 21.2. The molecule has 4 heteroatoms. The number of aromatic hydroxyl groups is 2. The van der Waals surface area contributed by atoms with E-state index in [2.05, 4.69) is 12.1 Å². The van der Waals surface area contributed by atoms with E-state index in [0.717, 1.165) is 28.2 Å². The van der Waals surface area contributed by atoms with Gasteiger partial charge in [-0.25, -0.2) is 0 Å². The fourth-order valence-corrected chi connectivity index (χ4v) is 4.19. The predicted molar refractivity (Wildman–Crippen MR) is 119 cm³/mol. The summed E-state index contributed by atoms with van der Waals surface area (Å²) in [4.78, 5) is 0. The zero-order valence-corrected chi connectivity index (χ0v) is 16.8. The van der Waals surface area contributed by atoms with Crippen LogP contribution in [0.25, 0.3) is 0 Å². The van der Waals surface area contributed by atoms with Gasteiger partial charge in [0.25, 0.3) is 0 Å². The molecule has 4 nitrogen and oxygen atoms in total. The normalized spacial score (nSPS) is 17.4. The minimum Gasteiger partial charge on any atom is -0.508 e. The second-order valence-electron chi connectivity index (χ2n) is 7.69. The minimum atomic E-state index is 0.0414. The lowest BCUT2D eigenvalue weighted by Crippen LogP contribution is -2.25. The first-order chi connectivity index (χ1) is 15.2. The summed E-state index contributed by atoms with van der Waals surface area (Å²) < 4.78 is 12.0. The lowest BCUT2D eigenvalue weighted by atomic mass is 9.76. The number of rotatable bonds is 4. The van der Waals surface area contributed by atoms with Crippen LogP contribution in [-0.4, -0.2) is 16.8 Å². The molecule has 154 valence electrons. The van der Waals surface area contributed by atoms with Crippen molar-refractivity contribution < 1.29 is 19.7 Å². The molecule has 1 aliphatic heterocycles. The molecule has 2 N–H and O–H groups in total. The van der Waals surface area contributed by atoms with E-state index in [-0.39, 0.29) is 23.3 Å². The number of para-hydroxylation sites is 1. The first-order valence-corrected chi connectivity index (χ1v) is 10.2. The fraction of sp³-hybridized carbons (Fsp3) is 0.111. The summed E-state index contributed by atoms with van der Waals surface area (Å²) in [5, 5.41) is 19.6. The van der Waals surface area contributed by atoms with E-state index in [9.17, 15) is 10.2 Å². The van der Waals surface area contributed by atoms with Crippen LogP contribution in [0.2, 0.25) is 0 Å². The molecular formula is C27H22O4. The van der Waals surface area contributed by atoms with E-state index >= 15 is 0 Å². The third-order valence-corrected chi connectivity index (χ3v) is 5.69. The van der Waals surface area contributed by atoms with E-state index in [0.29, 0.717) is 12.4 Å². The van der Waals surface area contributed by atoms with E-state index in [1.807, 2.05) is 60.7 Å².